The summed E-state index contributed by atoms with van der Waals surface area (Å²) in [6.07, 6.45) is 5.03. The smallest absolute Gasteiger partial charge is 0.227 e. The van der Waals surface area contributed by atoms with Gasteiger partial charge >= 0.3 is 0 Å². The lowest BCUT2D eigenvalue weighted by Gasteiger charge is -2.16. The normalized spacial score (nSPS) is 16.6. The molecule has 1 aliphatic carbocycles. The molecule has 1 amide bonds. The van der Waals surface area contributed by atoms with Gasteiger partial charge in [0.1, 0.15) is 0 Å². The summed E-state index contributed by atoms with van der Waals surface area (Å²) >= 11 is 1.45. The molecule has 0 radical (unpaired) electrons. The maximum atomic E-state index is 10.9. The third kappa shape index (κ3) is 2.65. The van der Waals surface area contributed by atoms with Crippen molar-refractivity contribution in [3.05, 3.63) is 11.4 Å². The van der Waals surface area contributed by atoms with E-state index in [1.54, 1.807) is 0 Å². The van der Waals surface area contributed by atoms with Crippen molar-refractivity contribution < 1.29 is 4.79 Å². The van der Waals surface area contributed by atoms with Gasteiger partial charge in [-0.3, -0.25) is 4.79 Å². The molecular weight excluding hydrogens is 234 g/mol. The van der Waals surface area contributed by atoms with Crippen LogP contribution in [0.1, 0.15) is 43.1 Å². The number of aromatic nitrogens is 2. The Morgan fingerprint density at radius 3 is 2.71 bits per heavy atom. The summed E-state index contributed by atoms with van der Waals surface area (Å²) in [5.74, 6) is 0.0223. The number of amides is 1. The van der Waals surface area contributed by atoms with Crippen molar-refractivity contribution in [2.45, 2.75) is 50.7 Å². The van der Waals surface area contributed by atoms with Crippen LogP contribution in [0, 0.1) is 13.8 Å². The fraction of sp³-hybridized carbons (Fsp3) is 0.667. The van der Waals surface area contributed by atoms with Crippen molar-refractivity contribution in [2.24, 2.45) is 5.73 Å². The van der Waals surface area contributed by atoms with E-state index in [1.807, 2.05) is 6.92 Å². The number of carbonyl (C=O) groups excluding carboxylic acids is 1. The van der Waals surface area contributed by atoms with E-state index in [1.165, 1.54) is 43.1 Å². The van der Waals surface area contributed by atoms with Crippen molar-refractivity contribution in [2.75, 3.05) is 5.75 Å². The topological polar surface area (TPSA) is 60.9 Å². The Kier molecular flexibility index (Phi) is 3.76. The van der Waals surface area contributed by atoms with Crippen LogP contribution in [0.2, 0.25) is 0 Å². The zero-order valence-electron chi connectivity index (χ0n) is 10.4. The zero-order valence-corrected chi connectivity index (χ0v) is 11.2. The lowest BCUT2D eigenvalue weighted by molar-refractivity contribution is -0.115. The summed E-state index contributed by atoms with van der Waals surface area (Å²) in [5.41, 5.74) is 7.48. The van der Waals surface area contributed by atoms with Crippen LogP contribution in [0.4, 0.5) is 0 Å². The Labute approximate surface area is 106 Å². The monoisotopic (exact) mass is 253 g/mol. The molecule has 1 aliphatic rings. The number of nitrogens with two attached hydrogens (primary N) is 1. The van der Waals surface area contributed by atoms with Crippen LogP contribution in [-0.2, 0) is 4.79 Å². The number of carbonyl (C=O) groups is 1. The summed E-state index contributed by atoms with van der Waals surface area (Å²) < 4.78 is 2.30. The molecule has 94 valence electrons. The molecule has 1 fully saturated rings. The summed E-state index contributed by atoms with van der Waals surface area (Å²) in [5, 5.41) is 0.950. The molecule has 1 heterocycles. The van der Waals surface area contributed by atoms with Gasteiger partial charge in [-0.1, -0.05) is 24.6 Å². The van der Waals surface area contributed by atoms with Crippen LogP contribution in [0.25, 0.3) is 0 Å². The van der Waals surface area contributed by atoms with Crippen LogP contribution >= 0.6 is 11.8 Å². The predicted octanol–water partition coefficient (Wildman–Crippen LogP) is 2.19. The minimum atomic E-state index is -0.286. The largest absolute Gasteiger partial charge is 0.369 e. The standard InChI is InChI=1S/C12H19N3OS/c1-8-9(2)15(10-5-3-4-6-10)12(14-8)17-7-11(13)16/h10H,3-7H2,1-2H3,(H2,13,16). The van der Waals surface area contributed by atoms with Gasteiger partial charge in [-0.25, -0.2) is 4.98 Å². The Bertz CT molecular complexity index is 422. The van der Waals surface area contributed by atoms with E-state index in [4.69, 9.17) is 5.73 Å². The Hall–Kier alpha value is -0.970. The van der Waals surface area contributed by atoms with Crippen molar-refractivity contribution in [3.8, 4) is 0 Å². The van der Waals surface area contributed by atoms with Gasteiger partial charge in [-0.05, 0) is 26.7 Å². The van der Waals surface area contributed by atoms with E-state index in [-0.39, 0.29) is 5.91 Å². The summed E-state index contributed by atoms with van der Waals surface area (Å²) in [6.45, 7) is 4.13. The lowest BCUT2D eigenvalue weighted by Crippen LogP contribution is -2.14. The SMILES string of the molecule is Cc1nc(SCC(N)=O)n(C2CCCC2)c1C. The Morgan fingerprint density at radius 1 is 1.47 bits per heavy atom. The molecule has 1 aromatic rings. The van der Waals surface area contributed by atoms with Gasteiger partial charge in [0.25, 0.3) is 0 Å². The highest BCUT2D eigenvalue weighted by Gasteiger charge is 2.23. The van der Waals surface area contributed by atoms with Crippen molar-refractivity contribution in [1.82, 2.24) is 9.55 Å². The van der Waals surface area contributed by atoms with E-state index in [0.29, 0.717) is 11.8 Å². The van der Waals surface area contributed by atoms with Gasteiger partial charge in [-0.2, -0.15) is 0 Å². The minimum Gasteiger partial charge on any atom is -0.369 e. The maximum absolute atomic E-state index is 10.9. The highest BCUT2D eigenvalue weighted by atomic mass is 32.2. The van der Waals surface area contributed by atoms with Crippen LogP contribution in [0.15, 0.2) is 5.16 Å². The zero-order chi connectivity index (χ0) is 12.4. The number of thioether (sulfide) groups is 1. The highest BCUT2D eigenvalue weighted by molar-refractivity contribution is 7.99. The third-order valence-corrected chi connectivity index (χ3v) is 4.36. The Morgan fingerprint density at radius 2 is 2.12 bits per heavy atom. The molecule has 0 bridgehead atoms. The minimum absolute atomic E-state index is 0.286. The number of hydrogen-bond donors (Lipinski definition) is 1. The second kappa shape index (κ2) is 5.12. The molecule has 0 aliphatic heterocycles. The molecule has 2 rings (SSSR count). The number of imidazole rings is 1. The average Bonchev–Trinajstić information content (AvgIpc) is 2.86. The average molecular weight is 253 g/mol. The van der Waals surface area contributed by atoms with Crippen molar-refractivity contribution >= 4 is 17.7 Å². The summed E-state index contributed by atoms with van der Waals surface area (Å²) in [7, 11) is 0. The van der Waals surface area contributed by atoms with Crippen molar-refractivity contribution in [1.29, 1.82) is 0 Å². The lowest BCUT2D eigenvalue weighted by atomic mass is 10.2. The molecular formula is C12H19N3OS. The predicted molar refractivity (Wildman–Crippen MR) is 69.1 cm³/mol. The van der Waals surface area contributed by atoms with E-state index in [2.05, 4.69) is 16.5 Å². The fourth-order valence-electron chi connectivity index (χ4n) is 2.43. The first kappa shape index (κ1) is 12.5. The molecule has 17 heavy (non-hydrogen) atoms. The second-order valence-corrected chi connectivity index (χ2v) is 5.57. The Balaban J connectivity index is 2.24. The number of nitrogens with zero attached hydrogens (tertiary/aromatic N) is 2. The van der Waals surface area contributed by atoms with Gasteiger partial charge in [0.2, 0.25) is 5.91 Å². The summed E-state index contributed by atoms with van der Waals surface area (Å²) in [6, 6.07) is 0.562. The molecule has 0 aromatic carbocycles. The van der Waals surface area contributed by atoms with E-state index < -0.39 is 0 Å². The molecule has 4 nitrogen and oxygen atoms in total. The molecule has 0 unspecified atom stereocenters. The van der Waals surface area contributed by atoms with Gasteiger partial charge < -0.3 is 10.3 Å². The molecule has 5 heteroatoms. The van der Waals surface area contributed by atoms with Gasteiger partial charge in [-0.15, -0.1) is 0 Å². The van der Waals surface area contributed by atoms with E-state index in [0.717, 1.165) is 10.9 Å². The van der Waals surface area contributed by atoms with E-state index >= 15 is 0 Å². The maximum Gasteiger partial charge on any atom is 0.227 e. The number of primary amides is 1. The summed E-state index contributed by atoms with van der Waals surface area (Å²) in [4.78, 5) is 15.4. The number of aryl methyl sites for hydroxylation is 1. The quantitative estimate of drug-likeness (QED) is 0.837. The second-order valence-electron chi connectivity index (χ2n) is 4.63. The third-order valence-electron chi connectivity index (χ3n) is 3.39. The molecule has 2 N–H and O–H groups in total. The first-order valence-electron chi connectivity index (χ1n) is 6.06. The molecule has 0 saturated heterocycles. The first-order valence-corrected chi connectivity index (χ1v) is 7.04. The number of rotatable bonds is 4. The molecule has 1 aromatic heterocycles. The van der Waals surface area contributed by atoms with Crippen LogP contribution in [0.5, 0.6) is 0 Å². The molecule has 1 saturated carbocycles. The van der Waals surface area contributed by atoms with Gasteiger partial charge in [0.15, 0.2) is 5.16 Å². The van der Waals surface area contributed by atoms with Crippen LogP contribution < -0.4 is 5.73 Å². The van der Waals surface area contributed by atoms with Gasteiger partial charge in [0.05, 0.1) is 11.4 Å². The highest BCUT2D eigenvalue weighted by Crippen LogP contribution is 2.35. The number of hydrogen-bond acceptors (Lipinski definition) is 3. The van der Waals surface area contributed by atoms with Crippen LogP contribution in [-0.4, -0.2) is 21.2 Å². The van der Waals surface area contributed by atoms with Gasteiger partial charge in [0, 0.05) is 11.7 Å². The fourth-order valence-corrected chi connectivity index (χ4v) is 3.32. The van der Waals surface area contributed by atoms with Crippen molar-refractivity contribution in [3.63, 3.8) is 0 Å². The molecule has 0 spiro atoms. The van der Waals surface area contributed by atoms with E-state index in [9.17, 15) is 4.79 Å². The van der Waals surface area contributed by atoms with Crippen LogP contribution in [0.3, 0.4) is 0 Å². The first-order chi connectivity index (χ1) is 8.09. The molecule has 0 atom stereocenters.